The lowest BCUT2D eigenvalue weighted by atomic mass is 10.0. The predicted octanol–water partition coefficient (Wildman–Crippen LogP) is 2.25. The van der Waals surface area contributed by atoms with E-state index in [-0.39, 0.29) is 24.2 Å². The standard InChI is InChI=1S/C13H26N2O.ClH/c1-10(2)15-6-5-11(8-15)7-12-14-13(3,4)9-16-12;/h10-12,14H,5-9H2,1-4H3;1H. The van der Waals surface area contributed by atoms with Crippen LogP contribution in [0.3, 0.4) is 0 Å². The molecule has 3 nitrogen and oxygen atoms in total. The average molecular weight is 263 g/mol. The predicted molar refractivity (Wildman–Crippen MR) is 73.6 cm³/mol. The Labute approximate surface area is 112 Å². The zero-order valence-electron chi connectivity index (χ0n) is 11.5. The third kappa shape index (κ3) is 4.09. The Hall–Kier alpha value is 0.170. The lowest BCUT2D eigenvalue weighted by Crippen LogP contribution is -2.40. The second-order valence-corrected chi connectivity index (χ2v) is 6.31. The summed E-state index contributed by atoms with van der Waals surface area (Å²) in [5, 5.41) is 3.56. The summed E-state index contributed by atoms with van der Waals surface area (Å²) in [4.78, 5) is 2.57. The van der Waals surface area contributed by atoms with Crippen LogP contribution in [0.2, 0.25) is 0 Å². The molecule has 0 aromatic heterocycles. The van der Waals surface area contributed by atoms with Crippen LogP contribution in [0.5, 0.6) is 0 Å². The Morgan fingerprint density at radius 1 is 1.41 bits per heavy atom. The van der Waals surface area contributed by atoms with Gasteiger partial charge in [-0.05, 0) is 53.0 Å². The van der Waals surface area contributed by atoms with Gasteiger partial charge in [0.25, 0.3) is 0 Å². The molecule has 2 atom stereocenters. The molecule has 2 heterocycles. The molecule has 0 aromatic carbocycles. The van der Waals surface area contributed by atoms with Gasteiger partial charge >= 0.3 is 0 Å². The molecule has 2 fully saturated rings. The number of nitrogens with zero attached hydrogens (tertiary/aromatic N) is 1. The minimum Gasteiger partial charge on any atom is -0.361 e. The van der Waals surface area contributed by atoms with Crippen molar-refractivity contribution < 1.29 is 4.74 Å². The molecule has 0 amide bonds. The van der Waals surface area contributed by atoms with E-state index in [1.807, 2.05) is 0 Å². The molecule has 17 heavy (non-hydrogen) atoms. The molecule has 2 rings (SSSR count). The van der Waals surface area contributed by atoms with Crippen molar-refractivity contribution in [3.63, 3.8) is 0 Å². The summed E-state index contributed by atoms with van der Waals surface area (Å²) >= 11 is 0. The highest BCUT2D eigenvalue weighted by atomic mass is 35.5. The highest BCUT2D eigenvalue weighted by molar-refractivity contribution is 5.85. The molecule has 0 aromatic rings. The summed E-state index contributed by atoms with van der Waals surface area (Å²) in [6.07, 6.45) is 2.79. The molecule has 0 spiro atoms. The van der Waals surface area contributed by atoms with Gasteiger partial charge in [0.1, 0.15) is 6.23 Å². The van der Waals surface area contributed by atoms with Crippen molar-refractivity contribution in [2.45, 2.75) is 58.3 Å². The molecule has 0 bridgehead atoms. The first-order chi connectivity index (χ1) is 7.46. The van der Waals surface area contributed by atoms with Crippen LogP contribution in [0.25, 0.3) is 0 Å². The van der Waals surface area contributed by atoms with E-state index in [4.69, 9.17) is 4.74 Å². The molecule has 2 aliphatic heterocycles. The average Bonchev–Trinajstić information content (AvgIpc) is 2.73. The maximum atomic E-state index is 5.80. The van der Waals surface area contributed by atoms with E-state index in [0.717, 1.165) is 12.5 Å². The first kappa shape index (κ1) is 15.2. The molecule has 2 saturated heterocycles. The van der Waals surface area contributed by atoms with E-state index < -0.39 is 0 Å². The highest BCUT2D eigenvalue weighted by Crippen LogP contribution is 2.26. The van der Waals surface area contributed by atoms with Gasteiger partial charge < -0.3 is 9.64 Å². The van der Waals surface area contributed by atoms with E-state index >= 15 is 0 Å². The van der Waals surface area contributed by atoms with Crippen molar-refractivity contribution in [3.8, 4) is 0 Å². The number of ether oxygens (including phenoxy) is 1. The van der Waals surface area contributed by atoms with Gasteiger partial charge in [-0.15, -0.1) is 12.4 Å². The van der Waals surface area contributed by atoms with Gasteiger partial charge in [-0.1, -0.05) is 0 Å². The molecule has 2 unspecified atom stereocenters. The highest BCUT2D eigenvalue weighted by Gasteiger charge is 2.34. The van der Waals surface area contributed by atoms with Crippen molar-refractivity contribution in [1.29, 1.82) is 0 Å². The monoisotopic (exact) mass is 262 g/mol. The van der Waals surface area contributed by atoms with Crippen LogP contribution < -0.4 is 5.32 Å². The molecule has 0 aliphatic carbocycles. The molecule has 4 heteroatoms. The van der Waals surface area contributed by atoms with Gasteiger partial charge in [0.05, 0.1) is 6.61 Å². The number of likely N-dealkylation sites (tertiary alicyclic amines) is 1. The third-order valence-electron chi connectivity index (χ3n) is 3.79. The summed E-state index contributed by atoms with van der Waals surface area (Å²) in [7, 11) is 0. The van der Waals surface area contributed by atoms with Crippen LogP contribution in [0.1, 0.15) is 40.5 Å². The van der Waals surface area contributed by atoms with Crippen molar-refractivity contribution in [2.75, 3.05) is 19.7 Å². The maximum absolute atomic E-state index is 5.80. The smallest absolute Gasteiger partial charge is 0.109 e. The summed E-state index contributed by atoms with van der Waals surface area (Å²) in [6.45, 7) is 12.4. The normalized spacial score (nSPS) is 33.0. The Kier molecular flexibility index (Phi) is 5.26. The number of hydrogen-bond acceptors (Lipinski definition) is 3. The Morgan fingerprint density at radius 2 is 2.12 bits per heavy atom. The minimum absolute atomic E-state index is 0. The quantitative estimate of drug-likeness (QED) is 0.844. The van der Waals surface area contributed by atoms with Crippen LogP contribution in [0.4, 0.5) is 0 Å². The Balaban J connectivity index is 0.00000144. The number of rotatable bonds is 3. The number of nitrogens with one attached hydrogen (secondary N) is 1. The molecule has 0 radical (unpaired) electrons. The molecule has 2 aliphatic rings. The van der Waals surface area contributed by atoms with Crippen molar-refractivity contribution in [2.24, 2.45) is 5.92 Å². The van der Waals surface area contributed by atoms with Gasteiger partial charge in [0, 0.05) is 18.1 Å². The van der Waals surface area contributed by atoms with Crippen LogP contribution >= 0.6 is 12.4 Å². The van der Waals surface area contributed by atoms with Gasteiger partial charge in [-0.2, -0.15) is 0 Å². The maximum Gasteiger partial charge on any atom is 0.109 e. The fourth-order valence-corrected chi connectivity index (χ4v) is 2.78. The topological polar surface area (TPSA) is 24.5 Å². The summed E-state index contributed by atoms with van der Waals surface area (Å²) in [6, 6.07) is 0.693. The van der Waals surface area contributed by atoms with Crippen molar-refractivity contribution in [1.82, 2.24) is 10.2 Å². The molecular weight excluding hydrogens is 236 g/mol. The van der Waals surface area contributed by atoms with E-state index in [1.165, 1.54) is 25.9 Å². The second-order valence-electron chi connectivity index (χ2n) is 6.31. The lowest BCUT2D eigenvalue weighted by molar-refractivity contribution is 0.0779. The largest absolute Gasteiger partial charge is 0.361 e. The van der Waals surface area contributed by atoms with Crippen LogP contribution in [0.15, 0.2) is 0 Å². The van der Waals surface area contributed by atoms with Gasteiger partial charge in [-0.3, -0.25) is 5.32 Å². The molecule has 102 valence electrons. The molecule has 1 N–H and O–H groups in total. The first-order valence-electron chi connectivity index (χ1n) is 6.59. The number of hydrogen-bond donors (Lipinski definition) is 1. The van der Waals surface area contributed by atoms with E-state index in [0.29, 0.717) is 6.04 Å². The second kappa shape index (κ2) is 5.87. The molecule has 0 saturated carbocycles. The lowest BCUT2D eigenvalue weighted by Gasteiger charge is -2.22. The van der Waals surface area contributed by atoms with Crippen molar-refractivity contribution in [3.05, 3.63) is 0 Å². The van der Waals surface area contributed by atoms with Crippen LogP contribution in [-0.4, -0.2) is 42.4 Å². The van der Waals surface area contributed by atoms with Gasteiger partial charge in [0.15, 0.2) is 0 Å². The summed E-state index contributed by atoms with van der Waals surface area (Å²) in [5.41, 5.74) is 0.168. The summed E-state index contributed by atoms with van der Waals surface area (Å²) in [5.74, 6) is 0.814. The van der Waals surface area contributed by atoms with E-state index in [9.17, 15) is 0 Å². The number of halogens is 1. The molecular formula is C13H27ClN2O. The third-order valence-corrected chi connectivity index (χ3v) is 3.79. The van der Waals surface area contributed by atoms with Gasteiger partial charge in [0.2, 0.25) is 0 Å². The first-order valence-corrected chi connectivity index (χ1v) is 6.59. The fraction of sp³-hybridized carbons (Fsp3) is 1.00. The van der Waals surface area contributed by atoms with Gasteiger partial charge in [-0.25, -0.2) is 0 Å². The van der Waals surface area contributed by atoms with Crippen LogP contribution in [0, 0.1) is 5.92 Å². The van der Waals surface area contributed by atoms with E-state index in [2.05, 4.69) is 37.9 Å². The summed E-state index contributed by atoms with van der Waals surface area (Å²) < 4.78 is 5.80. The van der Waals surface area contributed by atoms with Crippen LogP contribution in [-0.2, 0) is 4.74 Å². The van der Waals surface area contributed by atoms with Crippen molar-refractivity contribution >= 4 is 12.4 Å². The minimum atomic E-state index is 0. The fourth-order valence-electron chi connectivity index (χ4n) is 2.78. The van der Waals surface area contributed by atoms with E-state index in [1.54, 1.807) is 0 Å². The Morgan fingerprint density at radius 3 is 2.59 bits per heavy atom. The zero-order valence-corrected chi connectivity index (χ0v) is 12.3. The Bertz CT molecular complexity index is 246. The SMILES string of the molecule is CC(C)N1CCC(CC2NC(C)(C)CO2)C1.Cl. The zero-order chi connectivity index (χ0) is 11.8.